The molecule has 2 fully saturated rings. The third kappa shape index (κ3) is 3.23. The summed E-state index contributed by atoms with van der Waals surface area (Å²) >= 11 is 0. The Bertz CT molecular complexity index is 380. The first-order valence-corrected chi connectivity index (χ1v) is 7.37. The maximum absolute atomic E-state index is 11.9. The average Bonchev–Trinajstić information content (AvgIpc) is 2.75. The van der Waals surface area contributed by atoms with E-state index in [1.807, 2.05) is 14.1 Å². The fourth-order valence-electron chi connectivity index (χ4n) is 3.19. The van der Waals surface area contributed by atoms with Gasteiger partial charge in [0.1, 0.15) is 0 Å². The number of urea groups is 1. The molecule has 6 heteroatoms. The van der Waals surface area contributed by atoms with Crippen molar-refractivity contribution < 1.29 is 14.7 Å². The Morgan fingerprint density at radius 2 is 2.00 bits per heavy atom. The van der Waals surface area contributed by atoms with Crippen LogP contribution in [-0.4, -0.2) is 54.2 Å². The van der Waals surface area contributed by atoms with Gasteiger partial charge in [0.15, 0.2) is 0 Å². The molecule has 3 N–H and O–H groups in total. The topological polar surface area (TPSA) is 81.7 Å². The second-order valence-corrected chi connectivity index (χ2v) is 6.34. The molecule has 2 rings (SSSR count). The fraction of sp³-hybridized carbons (Fsp3) is 0.857. The zero-order valence-electron chi connectivity index (χ0n) is 12.3. The summed E-state index contributed by atoms with van der Waals surface area (Å²) < 4.78 is 0. The molecule has 0 aromatic heterocycles. The Balaban J connectivity index is 1.72. The molecule has 2 unspecified atom stereocenters. The van der Waals surface area contributed by atoms with E-state index in [-0.39, 0.29) is 23.5 Å². The quantitative estimate of drug-likeness (QED) is 0.703. The van der Waals surface area contributed by atoms with Gasteiger partial charge in [0.05, 0.1) is 5.92 Å². The van der Waals surface area contributed by atoms with E-state index in [4.69, 9.17) is 5.11 Å². The summed E-state index contributed by atoms with van der Waals surface area (Å²) in [5.41, 5.74) is 0.108. The third-order valence-electron chi connectivity index (χ3n) is 4.93. The maximum atomic E-state index is 11.9. The minimum atomic E-state index is -0.754. The standard InChI is InChI=1S/C14H25N3O3/c1-17(2)14(6-3-7-14)9-15-13(20)16-11-5-4-10(8-11)12(18)19/h10-11H,3-9H2,1-2H3,(H,18,19)(H2,15,16,20). The molecule has 6 nitrogen and oxygen atoms in total. The van der Waals surface area contributed by atoms with E-state index in [1.54, 1.807) is 0 Å². The van der Waals surface area contributed by atoms with Crippen LogP contribution in [0.4, 0.5) is 4.79 Å². The molecule has 2 amide bonds. The van der Waals surface area contributed by atoms with Crippen molar-refractivity contribution in [2.24, 2.45) is 5.92 Å². The second kappa shape index (κ2) is 5.99. The van der Waals surface area contributed by atoms with E-state index in [0.29, 0.717) is 19.4 Å². The number of hydrogen-bond donors (Lipinski definition) is 3. The smallest absolute Gasteiger partial charge is 0.315 e. The number of aliphatic carboxylic acids is 1. The van der Waals surface area contributed by atoms with E-state index >= 15 is 0 Å². The number of carbonyl (C=O) groups is 2. The van der Waals surface area contributed by atoms with Gasteiger partial charge in [-0.15, -0.1) is 0 Å². The summed E-state index contributed by atoms with van der Waals surface area (Å²) in [5, 5.41) is 14.8. The van der Waals surface area contributed by atoms with Gasteiger partial charge in [0.25, 0.3) is 0 Å². The van der Waals surface area contributed by atoms with Crippen molar-refractivity contribution >= 4 is 12.0 Å². The SMILES string of the molecule is CN(C)C1(CNC(=O)NC2CCC(C(=O)O)C2)CCC1. The van der Waals surface area contributed by atoms with Crippen molar-refractivity contribution in [3.8, 4) is 0 Å². The van der Waals surface area contributed by atoms with Crippen molar-refractivity contribution in [3.05, 3.63) is 0 Å². The minimum absolute atomic E-state index is 0.00667. The number of amides is 2. The summed E-state index contributed by atoms with van der Waals surface area (Å²) in [6, 6.07) is -0.179. The molecular weight excluding hydrogens is 258 g/mol. The zero-order valence-corrected chi connectivity index (χ0v) is 12.3. The van der Waals surface area contributed by atoms with Gasteiger partial charge in [0.2, 0.25) is 0 Å². The van der Waals surface area contributed by atoms with Gasteiger partial charge in [-0.1, -0.05) is 0 Å². The lowest BCUT2D eigenvalue weighted by Gasteiger charge is -2.47. The van der Waals surface area contributed by atoms with Crippen LogP contribution in [0.1, 0.15) is 38.5 Å². The molecule has 0 spiro atoms. The number of carboxylic acids is 1. The monoisotopic (exact) mass is 283 g/mol. The van der Waals surface area contributed by atoms with Crippen molar-refractivity contribution in [2.45, 2.75) is 50.1 Å². The van der Waals surface area contributed by atoms with Crippen molar-refractivity contribution in [2.75, 3.05) is 20.6 Å². The average molecular weight is 283 g/mol. The van der Waals surface area contributed by atoms with Crippen LogP contribution in [0.25, 0.3) is 0 Å². The first-order valence-electron chi connectivity index (χ1n) is 7.37. The number of nitrogens with one attached hydrogen (secondary N) is 2. The molecule has 2 aliphatic carbocycles. The van der Waals surface area contributed by atoms with Crippen molar-refractivity contribution in [3.63, 3.8) is 0 Å². The van der Waals surface area contributed by atoms with Gasteiger partial charge in [-0.05, 0) is 52.6 Å². The normalized spacial score (nSPS) is 27.9. The van der Waals surface area contributed by atoms with Crippen LogP contribution < -0.4 is 10.6 Å². The number of nitrogens with zero attached hydrogens (tertiary/aromatic N) is 1. The van der Waals surface area contributed by atoms with Gasteiger partial charge in [-0.25, -0.2) is 4.79 Å². The summed E-state index contributed by atoms with van der Waals surface area (Å²) in [6.45, 7) is 0.654. The molecule has 0 radical (unpaired) electrons. The predicted octanol–water partition coefficient (Wildman–Crippen LogP) is 1.02. The summed E-state index contributed by atoms with van der Waals surface area (Å²) in [7, 11) is 4.10. The highest BCUT2D eigenvalue weighted by Crippen LogP contribution is 2.35. The molecule has 2 atom stereocenters. The van der Waals surface area contributed by atoms with Crippen LogP contribution in [0, 0.1) is 5.92 Å². The highest BCUT2D eigenvalue weighted by atomic mass is 16.4. The summed E-state index contributed by atoms with van der Waals surface area (Å²) in [5.74, 6) is -1.06. The molecule has 20 heavy (non-hydrogen) atoms. The number of hydrogen-bond acceptors (Lipinski definition) is 3. The Morgan fingerprint density at radius 3 is 2.45 bits per heavy atom. The molecule has 0 aromatic rings. The van der Waals surface area contributed by atoms with Crippen LogP contribution in [0.15, 0.2) is 0 Å². The number of likely N-dealkylation sites (N-methyl/N-ethyl adjacent to an activating group) is 1. The molecule has 0 bridgehead atoms. The Morgan fingerprint density at radius 1 is 1.30 bits per heavy atom. The minimum Gasteiger partial charge on any atom is -0.481 e. The molecule has 2 saturated carbocycles. The van der Waals surface area contributed by atoms with Crippen LogP contribution in [0.3, 0.4) is 0 Å². The largest absolute Gasteiger partial charge is 0.481 e. The second-order valence-electron chi connectivity index (χ2n) is 6.34. The zero-order chi connectivity index (χ0) is 14.8. The molecular formula is C14H25N3O3. The van der Waals surface area contributed by atoms with E-state index in [2.05, 4.69) is 15.5 Å². The van der Waals surface area contributed by atoms with E-state index in [0.717, 1.165) is 19.3 Å². The molecule has 2 aliphatic rings. The first kappa shape index (κ1) is 15.1. The van der Waals surface area contributed by atoms with E-state index < -0.39 is 5.97 Å². The van der Waals surface area contributed by atoms with E-state index in [9.17, 15) is 9.59 Å². The van der Waals surface area contributed by atoms with E-state index in [1.165, 1.54) is 6.42 Å². The van der Waals surface area contributed by atoms with Crippen LogP contribution >= 0.6 is 0 Å². The van der Waals surface area contributed by atoms with Crippen molar-refractivity contribution in [1.29, 1.82) is 0 Å². The van der Waals surface area contributed by atoms with Crippen molar-refractivity contribution in [1.82, 2.24) is 15.5 Å². The lowest BCUT2D eigenvalue weighted by atomic mass is 9.75. The maximum Gasteiger partial charge on any atom is 0.315 e. The van der Waals surface area contributed by atoms with Gasteiger partial charge in [-0.3, -0.25) is 4.79 Å². The lowest BCUT2D eigenvalue weighted by Crippen LogP contribution is -2.58. The lowest BCUT2D eigenvalue weighted by molar-refractivity contribution is -0.141. The number of rotatable bonds is 5. The highest BCUT2D eigenvalue weighted by molar-refractivity contribution is 5.75. The van der Waals surface area contributed by atoms with Gasteiger partial charge < -0.3 is 20.6 Å². The van der Waals surface area contributed by atoms with Crippen LogP contribution in [0.2, 0.25) is 0 Å². The van der Waals surface area contributed by atoms with Gasteiger partial charge in [0, 0.05) is 18.1 Å². The number of carbonyl (C=O) groups excluding carboxylic acids is 1. The Labute approximate surface area is 119 Å². The molecule has 0 aromatic carbocycles. The highest BCUT2D eigenvalue weighted by Gasteiger charge is 2.39. The number of carboxylic acid groups (broad SMARTS) is 1. The fourth-order valence-corrected chi connectivity index (χ4v) is 3.19. The molecule has 114 valence electrons. The van der Waals surface area contributed by atoms with Gasteiger partial charge in [-0.2, -0.15) is 0 Å². The van der Waals surface area contributed by atoms with Crippen LogP contribution in [0.5, 0.6) is 0 Å². The molecule has 0 heterocycles. The third-order valence-corrected chi connectivity index (χ3v) is 4.93. The Hall–Kier alpha value is -1.30. The summed E-state index contributed by atoms with van der Waals surface area (Å²) in [6.07, 6.45) is 5.40. The summed E-state index contributed by atoms with van der Waals surface area (Å²) in [4.78, 5) is 25.0. The molecule has 0 saturated heterocycles. The predicted molar refractivity (Wildman–Crippen MR) is 75.6 cm³/mol. The molecule has 0 aliphatic heterocycles. The van der Waals surface area contributed by atoms with Crippen LogP contribution in [-0.2, 0) is 4.79 Å². The Kier molecular flexibility index (Phi) is 4.52. The van der Waals surface area contributed by atoms with Gasteiger partial charge >= 0.3 is 12.0 Å². The first-order chi connectivity index (χ1) is 9.43.